The van der Waals surface area contributed by atoms with Crippen LogP contribution in [-0.4, -0.2) is 25.1 Å². The summed E-state index contributed by atoms with van der Waals surface area (Å²) in [6.45, 7) is 0. The molecule has 2 aromatic heterocycles. The number of hydrogen-bond donors (Lipinski definition) is 0. The van der Waals surface area contributed by atoms with Crippen molar-refractivity contribution in [3.63, 3.8) is 0 Å². The molecular weight excluding hydrogens is 348 g/mol. The van der Waals surface area contributed by atoms with E-state index in [1.54, 1.807) is 42.5 Å². The zero-order valence-corrected chi connectivity index (χ0v) is 13.8. The van der Waals surface area contributed by atoms with E-state index in [1.165, 1.54) is 24.9 Å². The molecule has 0 N–H and O–H groups in total. The molecule has 0 saturated heterocycles. The Morgan fingerprint density at radius 1 is 1.00 bits per heavy atom. The molecule has 1 atom stereocenters. The van der Waals surface area contributed by atoms with Gasteiger partial charge in [0.15, 0.2) is 5.69 Å². The van der Waals surface area contributed by atoms with E-state index in [4.69, 9.17) is 11.6 Å². The summed E-state index contributed by atoms with van der Waals surface area (Å²) >= 11 is 5.93. The van der Waals surface area contributed by atoms with E-state index in [0.717, 1.165) is 0 Å². The molecular formula is C16H11ClN4O2S. The lowest BCUT2D eigenvalue weighted by molar-refractivity contribution is 0.1000. The largest absolute Gasteiger partial charge is 0.305 e. The van der Waals surface area contributed by atoms with E-state index < -0.39 is 15.6 Å². The van der Waals surface area contributed by atoms with Gasteiger partial charge in [-0.15, -0.1) is 4.36 Å². The van der Waals surface area contributed by atoms with Crippen molar-refractivity contribution >= 4 is 27.2 Å². The summed E-state index contributed by atoms with van der Waals surface area (Å²) in [5, 5.41) is 0.0517. The number of halogens is 1. The molecule has 24 heavy (non-hydrogen) atoms. The van der Waals surface area contributed by atoms with Crippen LogP contribution in [0.3, 0.4) is 0 Å². The predicted octanol–water partition coefficient (Wildman–Crippen LogP) is 3.25. The van der Waals surface area contributed by atoms with Crippen molar-refractivity contribution < 1.29 is 9.00 Å². The molecule has 0 aliphatic heterocycles. The Hall–Kier alpha value is -2.64. The molecule has 0 spiro atoms. The highest BCUT2D eigenvalue weighted by Gasteiger charge is 2.20. The van der Waals surface area contributed by atoms with Gasteiger partial charge in [-0.3, -0.25) is 9.78 Å². The number of carbonyl (C=O) groups is 1. The Bertz CT molecular complexity index is 942. The summed E-state index contributed by atoms with van der Waals surface area (Å²) < 4.78 is 17.5. The van der Waals surface area contributed by atoms with Gasteiger partial charge in [0.1, 0.15) is 16.1 Å². The highest BCUT2D eigenvalue weighted by molar-refractivity contribution is 7.94. The molecule has 1 aromatic carbocycles. The van der Waals surface area contributed by atoms with Gasteiger partial charge in [0.05, 0.1) is 14.8 Å². The number of carbonyl (C=O) groups excluding carboxylic acids is 1. The van der Waals surface area contributed by atoms with Crippen molar-refractivity contribution in [2.45, 2.75) is 9.79 Å². The average Bonchev–Trinajstić information content (AvgIpc) is 2.63. The van der Waals surface area contributed by atoms with Gasteiger partial charge >= 0.3 is 5.91 Å². The van der Waals surface area contributed by atoms with Crippen molar-refractivity contribution in [2.24, 2.45) is 4.36 Å². The molecule has 0 radical (unpaired) electrons. The molecule has 1 unspecified atom stereocenters. The molecule has 0 aliphatic rings. The van der Waals surface area contributed by atoms with Crippen LogP contribution < -0.4 is 0 Å². The number of rotatable bonds is 3. The molecule has 1 amide bonds. The fraction of sp³-hybridized carbons (Fsp3) is 0. The number of amides is 1. The predicted molar refractivity (Wildman–Crippen MR) is 89.2 cm³/mol. The Kier molecular flexibility index (Phi) is 4.64. The van der Waals surface area contributed by atoms with E-state index in [1.807, 2.05) is 0 Å². The average molecular weight is 359 g/mol. The minimum Gasteiger partial charge on any atom is -0.265 e. The van der Waals surface area contributed by atoms with E-state index in [2.05, 4.69) is 19.3 Å². The highest BCUT2D eigenvalue weighted by atomic mass is 35.5. The first-order valence-electron chi connectivity index (χ1n) is 6.83. The van der Waals surface area contributed by atoms with E-state index >= 15 is 0 Å². The maximum Gasteiger partial charge on any atom is 0.305 e. The Balaban J connectivity index is 2.22. The summed E-state index contributed by atoms with van der Waals surface area (Å²) in [4.78, 5) is 24.7. The van der Waals surface area contributed by atoms with Gasteiger partial charge in [0.25, 0.3) is 0 Å². The maximum atomic E-state index is 13.6. The molecule has 3 rings (SSSR count). The maximum absolute atomic E-state index is 13.6. The second-order valence-electron chi connectivity index (χ2n) is 4.64. The standard InChI is InChI=1S/C16H11ClN4O2S/c17-14-10-19-11-20-15(14)16(22)21-24(23,12-4-2-1-3-5-12)13-6-8-18-9-7-13/h1-11H. The SMILES string of the molecule is O=C(N=S(=O)(c1ccccc1)c1ccncc1)c1ncncc1Cl. The summed E-state index contributed by atoms with van der Waals surface area (Å²) in [6.07, 6.45) is 5.46. The van der Waals surface area contributed by atoms with E-state index in [9.17, 15) is 9.00 Å². The molecule has 2 heterocycles. The van der Waals surface area contributed by atoms with Crippen molar-refractivity contribution in [3.05, 3.63) is 78.1 Å². The first-order valence-corrected chi connectivity index (χ1v) is 8.73. The topological polar surface area (TPSA) is 85.2 Å². The summed E-state index contributed by atoms with van der Waals surface area (Å²) in [5.41, 5.74) is -0.0932. The van der Waals surface area contributed by atoms with Crippen LogP contribution in [0, 0.1) is 0 Å². The van der Waals surface area contributed by atoms with Crippen LogP contribution in [-0.2, 0) is 9.73 Å². The van der Waals surface area contributed by atoms with Gasteiger partial charge in [-0.1, -0.05) is 29.8 Å². The van der Waals surface area contributed by atoms with Gasteiger partial charge in [0.2, 0.25) is 0 Å². The zero-order chi connectivity index (χ0) is 17.0. The lowest BCUT2D eigenvalue weighted by atomic mass is 10.4. The smallest absolute Gasteiger partial charge is 0.265 e. The minimum absolute atomic E-state index is 0.0517. The molecule has 6 nitrogen and oxygen atoms in total. The van der Waals surface area contributed by atoms with Crippen molar-refractivity contribution in [1.82, 2.24) is 15.0 Å². The number of nitrogens with zero attached hydrogens (tertiary/aromatic N) is 4. The van der Waals surface area contributed by atoms with Crippen molar-refractivity contribution in [3.8, 4) is 0 Å². The molecule has 0 fully saturated rings. The number of pyridine rings is 1. The fourth-order valence-corrected chi connectivity index (χ4v) is 4.00. The Morgan fingerprint density at radius 2 is 1.67 bits per heavy atom. The number of hydrogen-bond acceptors (Lipinski definition) is 5. The molecule has 0 saturated carbocycles. The van der Waals surface area contributed by atoms with Gasteiger partial charge < -0.3 is 0 Å². The second kappa shape index (κ2) is 6.86. The van der Waals surface area contributed by atoms with Gasteiger partial charge in [-0.05, 0) is 24.3 Å². The Morgan fingerprint density at radius 3 is 2.33 bits per heavy atom. The van der Waals surface area contributed by atoms with Crippen LogP contribution in [0.15, 0.2) is 81.5 Å². The Labute approximate surface area is 143 Å². The van der Waals surface area contributed by atoms with Crippen molar-refractivity contribution in [1.29, 1.82) is 0 Å². The van der Waals surface area contributed by atoms with Crippen LogP contribution in [0.2, 0.25) is 5.02 Å². The van der Waals surface area contributed by atoms with E-state index in [0.29, 0.717) is 9.79 Å². The second-order valence-corrected chi connectivity index (χ2v) is 7.22. The highest BCUT2D eigenvalue weighted by Crippen LogP contribution is 2.24. The van der Waals surface area contributed by atoms with Crippen molar-refractivity contribution in [2.75, 3.05) is 0 Å². The lowest BCUT2D eigenvalue weighted by Crippen LogP contribution is -2.08. The lowest BCUT2D eigenvalue weighted by Gasteiger charge is -2.10. The quantitative estimate of drug-likeness (QED) is 0.717. The third-order valence-corrected chi connectivity index (χ3v) is 5.64. The molecule has 0 bridgehead atoms. The van der Waals surface area contributed by atoms with Gasteiger partial charge in [-0.2, -0.15) is 0 Å². The van der Waals surface area contributed by atoms with Crippen LogP contribution in [0.5, 0.6) is 0 Å². The molecule has 3 aromatic rings. The number of aromatic nitrogens is 3. The summed E-state index contributed by atoms with van der Waals surface area (Å²) in [5.74, 6) is -0.770. The fourth-order valence-electron chi connectivity index (χ4n) is 2.00. The molecule has 0 aliphatic carbocycles. The zero-order valence-electron chi connectivity index (χ0n) is 12.2. The first-order chi connectivity index (χ1) is 11.6. The molecule has 8 heteroatoms. The van der Waals surface area contributed by atoms with Crippen LogP contribution in [0.1, 0.15) is 10.5 Å². The van der Waals surface area contributed by atoms with Crippen LogP contribution in [0.4, 0.5) is 0 Å². The first kappa shape index (κ1) is 16.2. The minimum atomic E-state index is -3.19. The molecule has 120 valence electrons. The van der Waals surface area contributed by atoms with Gasteiger partial charge in [0, 0.05) is 18.6 Å². The van der Waals surface area contributed by atoms with Crippen LogP contribution >= 0.6 is 11.6 Å². The third kappa shape index (κ3) is 3.17. The monoisotopic (exact) mass is 358 g/mol. The third-order valence-electron chi connectivity index (χ3n) is 3.11. The van der Waals surface area contributed by atoms with E-state index in [-0.39, 0.29) is 10.7 Å². The normalized spacial score (nSPS) is 13.0. The van der Waals surface area contributed by atoms with Crippen LogP contribution in [0.25, 0.3) is 0 Å². The number of benzene rings is 1. The summed E-state index contributed by atoms with van der Waals surface area (Å²) in [7, 11) is -3.19. The summed E-state index contributed by atoms with van der Waals surface area (Å²) in [6, 6.07) is 11.7. The van der Waals surface area contributed by atoms with Gasteiger partial charge in [-0.25, -0.2) is 14.2 Å².